The molecule has 0 radical (unpaired) electrons. The molecule has 2 unspecified atom stereocenters. The van der Waals surface area contributed by atoms with E-state index in [0.29, 0.717) is 24.3 Å². The van der Waals surface area contributed by atoms with Crippen LogP contribution in [0.4, 0.5) is 0 Å². The van der Waals surface area contributed by atoms with Crippen LogP contribution in [-0.2, 0) is 0 Å². The molecule has 0 aromatic heterocycles. The van der Waals surface area contributed by atoms with Crippen molar-refractivity contribution < 1.29 is 24.6 Å². The summed E-state index contributed by atoms with van der Waals surface area (Å²) < 4.78 is 5.60. The Morgan fingerprint density at radius 1 is 1.29 bits per heavy atom. The van der Waals surface area contributed by atoms with Gasteiger partial charge in [0, 0.05) is 6.54 Å². The van der Waals surface area contributed by atoms with Crippen molar-refractivity contribution in [2.75, 3.05) is 26.7 Å². The van der Waals surface area contributed by atoms with E-state index in [4.69, 9.17) is 4.74 Å². The van der Waals surface area contributed by atoms with Crippen LogP contribution in [0.5, 0.6) is 5.75 Å². The van der Waals surface area contributed by atoms with Gasteiger partial charge in [0.15, 0.2) is 0 Å². The molecule has 8 nitrogen and oxygen atoms in total. The maximum atomic E-state index is 12.6. The van der Waals surface area contributed by atoms with E-state index in [1.807, 2.05) is 7.05 Å². The van der Waals surface area contributed by atoms with E-state index in [2.05, 4.69) is 5.32 Å². The van der Waals surface area contributed by atoms with Crippen molar-refractivity contribution in [3.8, 4) is 5.75 Å². The van der Waals surface area contributed by atoms with E-state index in [1.165, 1.54) is 0 Å². The van der Waals surface area contributed by atoms with Crippen LogP contribution in [0.25, 0.3) is 0 Å². The average molecular weight is 335 g/mol. The molecule has 3 rings (SSSR count). The van der Waals surface area contributed by atoms with Crippen molar-refractivity contribution in [1.29, 1.82) is 0 Å². The normalized spacial score (nSPS) is 23.9. The molecule has 0 aliphatic carbocycles. The summed E-state index contributed by atoms with van der Waals surface area (Å²) in [7, 11) is 1.86. The maximum Gasteiger partial charge on any atom is 0.262 e. The van der Waals surface area contributed by atoms with E-state index in [1.54, 1.807) is 18.2 Å². The lowest BCUT2D eigenvalue weighted by molar-refractivity contribution is -0.179. The number of ether oxygens (including phenoxy) is 1. The molecule has 0 saturated carbocycles. The topological polar surface area (TPSA) is 102 Å². The number of rotatable bonds is 6. The zero-order valence-corrected chi connectivity index (χ0v) is 13.4. The second kappa shape index (κ2) is 6.86. The van der Waals surface area contributed by atoms with E-state index >= 15 is 0 Å². The number of carbonyl (C=O) groups is 2. The van der Waals surface area contributed by atoms with Crippen molar-refractivity contribution in [2.24, 2.45) is 0 Å². The molecule has 130 valence electrons. The Hall–Kier alpha value is -2.00. The molecule has 0 spiro atoms. The lowest BCUT2D eigenvalue weighted by Gasteiger charge is -2.25. The first kappa shape index (κ1) is 16.8. The third-order valence-electron chi connectivity index (χ3n) is 4.36. The van der Waals surface area contributed by atoms with Gasteiger partial charge in [-0.15, -0.1) is 0 Å². The predicted octanol–water partition coefficient (Wildman–Crippen LogP) is 0.0528. The summed E-state index contributed by atoms with van der Waals surface area (Å²) in [5.41, 5.74) is 0.570. The van der Waals surface area contributed by atoms with Gasteiger partial charge >= 0.3 is 0 Å². The highest BCUT2D eigenvalue weighted by Gasteiger charge is 2.46. The Kier molecular flexibility index (Phi) is 4.81. The molecule has 2 amide bonds. The van der Waals surface area contributed by atoms with E-state index in [0.717, 1.165) is 22.9 Å². The second-order valence-corrected chi connectivity index (χ2v) is 5.93. The molecular weight excluding hydrogens is 314 g/mol. The Labute approximate surface area is 139 Å². The van der Waals surface area contributed by atoms with E-state index < -0.39 is 24.1 Å². The zero-order valence-electron chi connectivity index (χ0n) is 13.4. The van der Waals surface area contributed by atoms with Gasteiger partial charge in [0.25, 0.3) is 11.8 Å². The van der Waals surface area contributed by atoms with Crippen LogP contribution in [-0.4, -0.2) is 71.1 Å². The van der Waals surface area contributed by atoms with Gasteiger partial charge in [-0.05, 0) is 44.6 Å². The first-order valence-electron chi connectivity index (χ1n) is 7.97. The molecule has 24 heavy (non-hydrogen) atoms. The van der Waals surface area contributed by atoms with Crippen molar-refractivity contribution >= 4 is 11.8 Å². The fourth-order valence-electron chi connectivity index (χ4n) is 3.08. The Bertz CT molecular complexity index is 651. The standard InChI is InChI=1S/C16H21N3O5/c1-17-6-2-8-24-10-3-4-11-12(9-10)15(21)19(14(11)20)13-5-7-18(23)16(13)22/h3-4,9,13,16-17,22-23H,2,5-8H2,1H3. The zero-order chi connectivity index (χ0) is 17.3. The van der Waals surface area contributed by atoms with Gasteiger partial charge in [0.2, 0.25) is 0 Å². The van der Waals surface area contributed by atoms with Crippen LogP contribution in [0.3, 0.4) is 0 Å². The minimum atomic E-state index is -1.26. The second-order valence-electron chi connectivity index (χ2n) is 5.93. The van der Waals surface area contributed by atoms with Gasteiger partial charge in [0.05, 0.1) is 23.8 Å². The third-order valence-corrected chi connectivity index (χ3v) is 4.36. The third kappa shape index (κ3) is 2.89. The highest BCUT2D eigenvalue weighted by molar-refractivity contribution is 6.21. The molecule has 1 saturated heterocycles. The maximum absolute atomic E-state index is 12.6. The number of amides is 2. The summed E-state index contributed by atoms with van der Waals surface area (Å²) in [4.78, 5) is 26.1. The largest absolute Gasteiger partial charge is 0.494 e. The number of fused-ring (bicyclic) bond motifs is 1. The monoisotopic (exact) mass is 335 g/mol. The summed E-state index contributed by atoms with van der Waals surface area (Å²) in [6.07, 6.45) is -0.103. The van der Waals surface area contributed by atoms with Gasteiger partial charge in [-0.2, -0.15) is 5.06 Å². The minimum Gasteiger partial charge on any atom is -0.494 e. The van der Waals surface area contributed by atoms with E-state index in [9.17, 15) is 19.9 Å². The van der Waals surface area contributed by atoms with Crippen LogP contribution >= 0.6 is 0 Å². The summed E-state index contributed by atoms with van der Waals surface area (Å²) in [5, 5.41) is 23.2. The van der Waals surface area contributed by atoms with Crippen LogP contribution < -0.4 is 10.1 Å². The summed E-state index contributed by atoms with van der Waals surface area (Å²) >= 11 is 0. The number of carbonyl (C=O) groups excluding carboxylic acids is 2. The smallest absolute Gasteiger partial charge is 0.262 e. The number of hydroxylamine groups is 2. The number of hydrogen-bond donors (Lipinski definition) is 3. The van der Waals surface area contributed by atoms with Crippen LogP contribution in [0, 0.1) is 0 Å². The minimum absolute atomic E-state index is 0.207. The summed E-state index contributed by atoms with van der Waals surface area (Å²) in [5.74, 6) is -0.380. The molecular formula is C16H21N3O5. The molecule has 2 atom stereocenters. The first-order valence-corrected chi connectivity index (χ1v) is 7.97. The molecule has 1 aromatic carbocycles. The number of aliphatic hydroxyl groups excluding tert-OH is 1. The molecule has 2 aliphatic rings. The van der Waals surface area contributed by atoms with Crippen molar-refractivity contribution in [2.45, 2.75) is 25.1 Å². The van der Waals surface area contributed by atoms with E-state index in [-0.39, 0.29) is 12.1 Å². The quantitative estimate of drug-likeness (QED) is 0.499. The molecule has 8 heteroatoms. The van der Waals surface area contributed by atoms with Crippen molar-refractivity contribution in [1.82, 2.24) is 15.3 Å². The lowest BCUT2D eigenvalue weighted by atomic mass is 10.1. The SMILES string of the molecule is CNCCCOc1ccc2c(c1)C(=O)N(C1CCN(O)C1O)C2=O. The average Bonchev–Trinajstić information content (AvgIpc) is 3.02. The molecule has 3 N–H and O–H groups in total. The van der Waals surface area contributed by atoms with Gasteiger partial charge in [-0.3, -0.25) is 14.5 Å². The van der Waals surface area contributed by atoms with Crippen LogP contribution in [0.2, 0.25) is 0 Å². The highest BCUT2D eigenvalue weighted by atomic mass is 16.5. The summed E-state index contributed by atoms with van der Waals surface area (Å²) in [6.45, 7) is 1.54. The van der Waals surface area contributed by atoms with Crippen molar-refractivity contribution in [3.63, 3.8) is 0 Å². The predicted molar refractivity (Wildman–Crippen MR) is 83.9 cm³/mol. The van der Waals surface area contributed by atoms with Crippen LogP contribution in [0.15, 0.2) is 18.2 Å². The summed E-state index contributed by atoms with van der Waals surface area (Å²) in [6, 6.07) is 4.05. The lowest BCUT2D eigenvalue weighted by Crippen LogP contribution is -2.47. The molecule has 0 bridgehead atoms. The molecule has 2 aliphatic heterocycles. The van der Waals surface area contributed by atoms with Gasteiger partial charge in [-0.25, -0.2) is 0 Å². The number of nitrogens with one attached hydrogen (secondary N) is 1. The Morgan fingerprint density at radius 3 is 2.71 bits per heavy atom. The van der Waals surface area contributed by atoms with Crippen molar-refractivity contribution in [3.05, 3.63) is 29.3 Å². The van der Waals surface area contributed by atoms with Gasteiger partial charge < -0.3 is 20.4 Å². The number of nitrogens with zero attached hydrogens (tertiary/aromatic N) is 2. The number of hydrogen-bond acceptors (Lipinski definition) is 7. The fourth-order valence-corrected chi connectivity index (χ4v) is 3.08. The molecule has 2 heterocycles. The molecule has 1 fully saturated rings. The molecule has 1 aromatic rings. The van der Waals surface area contributed by atoms with Crippen LogP contribution in [0.1, 0.15) is 33.6 Å². The Balaban J connectivity index is 1.76. The first-order chi connectivity index (χ1) is 11.5. The number of benzene rings is 1. The van der Waals surface area contributed by atoms with Gasteiger partial charge in [0.1, 0.15) is 12.0 Å². The number of imide groups is 1. The fraction of sp³-hybridized carbons (Fsp3) is 0.500. The number of aliphatic hydroxyl groups is 1. The Morgan fingerprint density at radius 2 is 2.04 bits per heavy atom. The highest BCUT2D eigenvalue weighted by Crippen LogP contribution is 2.32. The van der Waals surface area contributed by atoms with Gasteiger partial charge in [-0.1, -0.05) is 0 Å².